The van der Waals surface area contributed by atoms with Crippen LogP contribution in [0.15, 0.2) is 18.2 Å². The third-order valence-corrected chi connectivity index (χ3v) is 3.11. The largest absolute Gasteiger partial charge is 0.480 e. The molecule has 6 heteroatoms. The highest BCUT2D eigenvalue weighted by molar-refractivity contribution is 6.43. The first-order chi connectivity index (χ1) is 8.47. The molecule has 0 aliphatic carbocycles. The van der Waals surface area contributed by atoms with E-state index in [9.17, 15) is 9.59 Å². The van der Waals surface area contributed by atoms with Crippen LogP contribution in [0.25, 0.3) is 0 Å². The Morgan fingerprint density at radius 1 is 1.33 bits per heavy atom. The first-order valence-corrected chi connectivity index (χ1v) is 6.18. The Kier molecular flexibility index (Phi) is 5.44. The fraction of sp³-hybridized carbons (Fsp3) is 0.333. The van der Waals surface area contributed by atoms with E-state index in [1.165, 1.54) is 11.0 Å². The summed E-state index contributed by atoms with van der Waals surface area (Å²) in [5.74, 6) is -1.48. The molecule has 0 saturated carbocycles. The second kappa shape index (κ2) is 6.61. The van der Waals surface area contributed by atoms with Gasteiger partial charge < -0.3 is 10.0 Å². The molecular formula is C12H13Cl2NO3. The molecule has 1 N–H and O–H groups in total. The van der Waals surface area contributed by atoms with E-state index in [-0.39, 0.29) is 22.2 Å². The van der Waals surface area contributed by atoms with Gasteiger partial charge in [0.1, 0.15) is 6.54 Å². The van der Waals surface area contributed by atoms with E-state index in [0.717, 1.165) is 0 Å². The van der Waals surface area contributed by atoms with Crippen LogP contribution in [0.4, 0.5) is 0 Å². The molecule has 18 heavy (non-hydrogen) atoms. The molecule has 0 fully saturated rings. The fourth-order valence-electron chi connectivity index (χ4n) is 1.52. The summed E-state index contributed by atoms with van der Waals surface area (Å²) >= 11 is 11.8. The minimum atomic E-state index is -1.06. The Morgan fingerprint density at radius 2 is 2.00 bits per heavy atom. The molecule has 0 saturated heterocycles. The van der Waals surface area contributed by atoms with Gasteiger partial charge in [-0.1, -0.05) is 36.2 Å². The van der Waals surface area contributed by atoms with Crippen LogP contribution in [0.5, 0.6) is 0 Å². The van der Waals surface area contributed by atoms with Crippen molar-refractivity contribution in [1.29, 1.82) is 0 Å². The summed E-state index contributed by atoms with van der Waals surface area (Å²) in [6.45, 7) is 1.87. The maximum absolute atomic E-state index is 12.2. The summed E-state index contributed by atoms with van der Waals surface area (Å²) in [7, 11) is 0. The van der Waals surface area contributed by atoms with E-state index in [1.54, 1.807) is 12.1 Å². The number of hydrogen-bond acceptors (Lipinski definition) is 2. The monoisotopic (exact) mass is 289 g/mol. The van der Waals surface area contributed by atoms with Crippen molar-refractivity contribution in [2.45, 2.75) is 13.3 Å². The second-order valence-corrected chi connectivity index (χ2v) is 4.51. The Morgan fingerprint density at radius 3 is 2.56 bits per heavy atom. The molecule has 0 spiro atoms. The van der Waals surface area contributed by atoms with Crippen LogP contribution >= 0.6 is 23.2 Å². The van der Waals surface area contributed by atoms with Gasteiger partial charge >= 0.3 is 5.97 Å². The van der Waals surface area contributed by atoms with Crippen molar-refractivity contribution in [1.82, 2.24) is 4.90 Å². The number of halogens is 2. The average molecular weight is 290 g/mol. The van der Waals surface area contributed by atoms with Gasteiger partial charge in [0.25, 0.3) is 5.91 Å². The van der Waals surface area contributed by atoms with Crippen molar-refractivity contribution in [2.24, 2.45) is 0 Å². The molecule has 1 amide bonds. The van der Waals surface area contributed by atoms with Gasteiger partial charge in [-0.3, -0.25) is 9.59 Å². The van der Waals surface area contributed by atoms with Gasteiger partial charge in [0.05, 0.1) is 15.6 Å². The van der Waals surface area contributed by atoms with Crippen LogP contribution in [-0.4, -0.2) is 35.0 Å². The number of carbonyl (C=O) groups excluding carboxylic acids is 1. The number of benzene rings is 1. The first kappa shape index (κ1) is 14.8. The highest BCUT2D eigenvalue weighted by atomic mass is 35.5. The molecule has 1 rings (SSSR count). The van der Waals surface area contributed by atoms with Crippen molar-refractivity contribution >= 4 is 35.1 Å². The van der Waals surface area contributed by atoms with E-state index < -0.39 is 11.9 Å². The number of carbonyl (C=O) groups is 2. The number of hydrogen-bond donors (Lipinski definition) is 1. The molecule has 1 aromatic rings. The molecule has 0 radical (unpaired) electrons. The summed E-state index contributed by atoms with van der Waals surface area (Å²) in [6.07, 6.45) is 0.664. The summed E-state index contributed by atoms with van der Waals surface area (Å²) in [4.78, 5) is 24.1. The Bertz CT molecular complexity index is 463. The van der Waals surface area contributed by atoms with Crippen molar-refractivity contribution in [3.05, 3.63) is 33.8 Å². The number of nitrogens with zero attached hydrogens (tertiary/aromatic N) is 1. The quantitative estimate of drug-likeness (QED) is 0.907. The molecule has 98 valence electrons. The summed E-state index contributed by atoms with van der Waals surface area (Å²) in [5.41, 5.74) is 0.221. The minimum Gasteiger partial charge on any atom is -0.480 e. The molecule has 0 aliphatic heterocycles. The van der Waals surface area contributed by atoms with Crippen LogP contribution in [0.2, 0.25) is 10.0 Å². The lowest BCUT2D eigenvalue weighted by molar-refractivity contribution is -0.137. The van der Waals surface area contributed by atoms with Gasteiger partial charge in [0.2, 0.25) is 0 Å². The Labute approximate surface area is 115 Å². The van der Waals surface area contributed by atoms with Gasteiger partial charge in [-0.2, -0.15) is 0 Å². The molecular weight excluding hydrogens is 277 g/mol. The van der Waals surface area contributed by atoms with Crippen LogP contribution in [0, 0.1) is 0 Å². The van der Waals surface area contributed by atoms with Crippen LogP contribution in [0.1, 0.15) is 23.7 Å². The molecule has 0 aromatic heterocycles. The predicted octanol–water partition coefficient (Wildman–Crippen LogP) is 2.93. The molecule has 0 heterocycles. The van der Waals surface area contributed by atoms with Gasteiger partial charge in [-0.25, -0.2) is 0 Å². The maximum Gasteiger partial charge on any atom is 0.323 e. The van der Waals surface area contributed by atoms with Crippen LogP contribution < -0.4 is 0 Å². The highest BCUT2D eigenvalue weighted by Gasteiger charge is 2.20. The smallest absolute Gasteiger partial charge is 0.323 e. The number of carboxylic acids is 1. The van der Waals surface area contributed by atoms with Crippen LogP contribution in [-0.2, 0) is 4.79 Å². The third kappa shape index (κ3) is 3.62. The van der Waals surface area contributed by atoms with Gasteiger partial charge in [0, 0.05) is 6.54 Å². The number of amides is 1. The fourth-order valence-corrected chi connectivity index (χ4v) is 1.91. The van der Waals surface area contributed by atoms with Crippen molar-refractivity contribution in [2.75, 3.05) is 13.1 Å². The zero-order valence-electron chi connectivity index (χ0n) is 9.82. The second-order valence-electron chi connectivity index (χ2n) is 3.72. The average Bonchev–Trinajstić information content (AvgIpc) is 2.31. The number of rotatable bonds is 5. The Balaban J connectivity index is 3.01. The summed E-state index contributed by atoms with van der Waals surface area (Å²) < 4.78 is 0. The normalized spacial score (nSPS) is 10.2. The zero-order valence-corrected chi connectivity index (χ0v) is 11.3. The minimum absolute atomic E-state index is 0.149. The van der Waals surface area contributed by atoms with Gasteiger partial charge in [0.15, 0.2) is 0 Å². The van der Waals surface area contributed by atoms with E-state index in [2.05, 4.69) is 0 Å². The molecule has 4 nitrogen and oxygen atoms in total. The lowest BCUT2D eigenvalue weighted by Crippen LogP contribution is -2.36. The lowest BCUT2D eigenvalue weighted by atomic mass is 10.2. The predicted molar refractivity (Wildman–Crippen MR) is 70.3 cm³/mol. The standard InChI is InChI=1S/C12H13Cl2NO3/c1-2-6-15(7-10(16)17)12(18)8-4-3-5-9(13)11(8)14/h3-5H,2,6-7H2,1H3,(H,16,17). The Hall–Kier alpha value is -1.26. The molecule has 0 unspecified atom stereocenters. The van der Waals surface area contributed by atoms with E-state index >= 15 is 0 Å². The van der Waals surface area contributed by atoms with E-state index in [0.29, 0.717) is 13.0 Å². The first-order valence-electron chi connectivity index (χ1n) is 5.42. The highest BCUT2D eigenvalue weighted by Crippen LogP contribution is 2.26. The van der Waals surface area contributed by atoms with E-state index in [4.69, 9.17) is 28.3 Å². The van der Waals surface area contributed by atoms with E-state index in [1.807, 2.05) is 6.92 Å². The molecule has 0 bridgehead atoms. The van der Waals surface area contributed by atoms with Gasteiger partial charge in [-0.15, -0.1) is 0 Å². The van der Waals surface area contributed by atoms with Crippen molar-refractivity contribution in [3.8, 4) is 0 Å². The third-order valence-electron chi connectivity index (χ3n) is 2.29. The zero-order chi connectivity index (χ0) is 13.7. The van der Waals surface area contributed by atoms with Crippen molar-refractivity contribution < 1.29 is 14.7 Å². The summed E-state index contributed by atoms with van der Waals surface area (Å²) in [6, 6.07) is 4.70. The maximum atomic E-state index is 12.2. The SMILES string of the molecule is CCCN(CC(=O)O)C(=O)c1cccc(Cl)c1Cl. The van der Waals surface area contributed by atoms with Crippen LogP contribution in [0.3, 0.4) is 0 Å². The lowest BCUT2D eigenvalue weighted by Gasteiger charge is -2.20. The molecule has 0 atom stereocenters. The molecule has 1 aromatic carbocycles. The number of carboxylic acid groups (broad SMARTS) is 1. The van der Waals surface area contributed by atoms with Crippen molar-refractivity contribution in [3.63, 3.8) is 0 Å². The number of aliphatic carboxylic acids is 1. The summed E-state index contributed by atoms with van der Waals surface area (Å²) in [5, 5.41) is 9.20. The molecule has 0 aliphatic rings. The van der Waals surface area contributed by atoms with Gasteiger partial charge in [-0.05, 0) is 18.6 Å². The topological polar surface area (TPSA) is 57.6 Å².